The Morgan fingerprint density at radius 1 is 0.939 bits per heavy atom. The molecule has 1 amide bonds. The van der Waals surface area contributed by atoms with Gasteiger partial charge in [-0.15, -0.1) is 0 Å². The normalized spacial score (nSPS) is 10.7. The molecule has 0 saturated heterocycles. The number of nitrogens with one attached hydrogen (secondary N) is 2. The van der Waals surface area contributed by atoms with Crippen LogP contribution in [0.3, 0.4) is 0 Å². The highest BCUT2D eigenvalue weighted by Gasteiger charge is 2.13. The van der Waals surface area contributed by atoms with Gasteiger partial charge in [0.1, 0.15) is 6.61 Å². The van der Waals surface area contributed by atoms with Crippen molar-refractivity contribution < 1.29 is 14.3 Å². The fourth-order valence-corrected chi connectivity index (χ4v) is 3.58. The lowest BCUT2D eigenvalue weighted by atomic mass is 10.1. The lowest BCUT2D eigenvalue weighted by Gasteiger charge is -2.17. The fraction of sp³-hybridized carbons (Fsp3) is 0.296. The van der Waals surface area contributed by atoms with Gasteiger partial charge in [-0.1, -0.05) is 61.8 Å². The quantitative estimate of drug-likeness (QED) is 0.322. The zero-order chi connectivity index (χ0) is 23.6. The number of benzene rings is 3. The largest absolute Gasteiger partial charge is 0.490 e. The van der Waals surface area contributed by atoms with Crippen LogP contribution in [0, 0.1) is 5.92 Å². The number of rotatable bonds is 11. The Morgan fingerprint density at radius 3 is 2.42 bits per heavy atom. The van der Waals surface area contributed by atoms with E-state index in [1.54, 1.807) is 0 Å². The van der Waals surface area contributed by atoms with Crippen molar-refractivity contribution in [3.05, 3.63) is 82.9 Å². The van der Waals surface area contributed by atoms with Gasteiger partial charge in [0.2, 0.25) is 5.91 Å². The minimum absolute atomic E-state index is 0.0156. The molecule has 0 bridgehead atoms. The number of ether oxygens (including phenoxy) is 2. The molecule has 0 fully saturated rings. The molecule has 0 saturated carbocycles. The molecule has 33 heavy (non-hydrogen) atoms. The summed E-state index contributed by atoms with van der Waals surface area (Å²) in [5, 5.41) is 7.05. The van der Waals surface area contributed by atoms with E-state index in [4.69, 9.17) is 21.1 Å². The van der Waals surface area contributed by atoms with Crippen molar-refractivity contribution in [3.8, 4) is 11.5 Å². The zero-order valence-corrected chi connectivity index (χ0v) is 20.1. The molecule has 0 aliphatic rings. The van der Waals surface area contributed by atoms with Crippen LogP contribution in [0.25, 0.3) is 0 Å². The molecule has 0 aromatic heterocycles. The molecule has 3 rings (SSSR count). The van der Waals surface area contributed by atoms with Crippen molar-refractivity contribution in [2.75, 3.05) is 17.2 Å². The third kappa shape index (κ3) is 7.43. The number of carbonyl (C=O) groups excluding carboxylic acids is 1. The monoisotopic (exact) mass is 466 g/mol. The summed E-state index contributed by atoms with van der Waals surface area (Å²) in [6.45, 7) is 7.41. The SMILES string of the molecule is CCOc1cccc(CNc2cccc(NC(=O)CC(C)C)c2)c1OCc1ccccc1Cl. The van der Waals surface area contributed by atoms with Crippen molar-refractivity contribution in [1.82, 2.24) is 0 Å². The molecule has 5 nitrogen and oxygen atoms in total. The number of para-hydroxylation sites is 1. The zero-order valence-electron chi connectivity index (χ0n) is 19.4. The number of hydrogen-bond donors (Lipinski definition) is 2. The Morgan fingerprint density at radius 2 is 1.67 bits per heavy atom. The van der Waals surface area contributed by atoms with Gasteiger partial charge < -0.3 is 20.1 Å². The number of anilines is 2. The summed E-state index contributed by atoms with van der Waals surface area (Å²) in [6.07, 6.45) is 0.494. The summed E-state index contributed by atoms with van der Waals surface area (Å²) in [5.41, 5.74) is 3.54. The molecule has 0 aliphatic heterocycles. The summed E-state index contributed by atoms with van der Waals surface area (Å²) < 4.78 is 12.0. The second-order valence-electron chi connectivity index (χ2n) is 8.14. The van der Waals surface area contributed by atoms with E-state index in [-0.39, 0.29) is 5.91 Å². The van der Waals surface area contributed by atoms with Crippen LogP contribution in [0.5, 0.6) is 11.5 Å². The van der Waals surface area contributed by atoms with Crippen LogP contribution < -0.4 is 20.1 Å². The van der Waals surface area contributed by atoms with Gasteiger partial charge in [0, 0.05) is 40.5 Å². The molecular formula is C27H31ClN2O3. The van der Waals surface area contributed by atoms with E-state index in [0.717, 1.165) is 22.5 Å². The summed E-state index contributed by atoms with van der Waals surface area (Å²) in [5.74, 6) is 1.71. The summed E-state index contributed by atoms with van der Waals surface area (Å²) in [6, 6.07) is 21.2. The number of halogens is 1. The lowest BCUT2D eigenvalue weighted by molar-refractivity contribution is -0.116. The first kappa shape index (κ1) is 24.5. The first-order chi connectivity index (χ1) is 16.0. The van der Waals surface area contributed by atoms with Crippen LogP contribution in [-0.2, 0) is 17.9 Å². The predicted molar refractivity (Wildman–Crippen MR) is 135 cm³/mol. The molecule has 2 N–H and O–H groups in total. The molecule has 0 heterocycles. The van der Waals surface area contributed by atoms with Crippen LogP contribution in [-0.4, -0.2) is 12.5 Å². The number of amides is 1. The smallest absolute Gasteiger partial charge is 0.224 e. The van der Waals surface area contributed by atoms with Crippen LogP contribution >= 0.6 is 11.6 Å². The maximum Gasteiger partial charge on any atom is 0.224 e. The van der Waals surface area contributed by atoms with E-state index in [1.807, 2.05) is 87.5 Å². The summed E-state index contributed by atoms with van der Waals surface area (Å²) in [7, 11) is 0. The first-order valence-corrected chi connectivity index (χ1v) is 11.6. The van der Waals surface area contributed by atoms with Gasteiger partial charge in [-0.25, -0.2) is 0 Å². The highest BCUT2D eigenvalue weighted by atomic mass is 35.5. The number of carbonyl (C=O) groups is 1. The molecule has 0 radical (unpaired) electrons. The Bertz CT molecular complexity index is 1070. The van der Waals surface area contributed by atoms with Gasteiger partial charge in [0.05, 0.1) is 6.61 Å². The minimum Gasteiger partial charge on any atom is -0.490 e. The van der Waals surface area contributed by atoms with Crippen molar-refractivity contribution >= 4 is 28.9 Å². The molecular weight excluding hydrogens is 436 g/mol. The third-order valence-electron chi connectivity index (χ3n) is 4.91. The van der Waals surface area contributed by atoms with Crippen molar-refractivity contribution in [2.24, 2.45) is 5.92 Å². The van der Waals surface area contributed by atoms with Crippen LogP contribution in [0.2, 0.25) is 5.02 Å². The second kappa shape index (κ2) is 12.2. The maximum absolute atomic E-state index is 12.1. The fourth-order valence-electron chi connectivity index (χ4n) is 3.39. The van der Waals surface area contributed by atoms with Gasteiger partial charge >= 0.3 is 0 Å². The molecule has 0 atom stereocenters. The Hall–Kier alpha value is -3.18. The molecule has 3 aromatic rings. The average molecular weight is 467 g/mol. The van der Waals surface area contributed by atoms with Crippen molar-refractivity contribution in [1.29, 1.82) is 0 Å². The highest BCUT2D eigenvalue weighted by Crippen LogP contribution is 2.33. The minimum atomic E-state index is 0.0156. The standard InChI is InChI=1S/C27H31ClN2O3/c1-4-32-25-14-7-10-20(27(25)33-18-21-9-5-6-13-24(21)28)17-29-22-11-8-12-23(16-22)30-26(31)15-19(2)3/h5-14,16,19,29H,4,15,17-18H2,1-3H3,(H,30,31). The van der Waals surface area contributed by atoms with E-state index in [0.29, 0.717) is 48.6 Å². The van der Waals surface area contributed by atoms with Gasteiger partial charge in [0.25, 0.3) is 0 Å². The third-order valence-corrected chi connectivity index (χ3v) is 5.28. The van der Waals surface area contributed by atoms with Gasteiger partial charge in [-0.05, 0) is 43.2 Å². The molecule has 3 aromatic carbocycles. The van der Waals surface area contributed by atoms with E-state index >= 15 is 0 Å². The molecule has 0 spiro atoms. The second-order valence-corrected chi connectivity index (χ2v) is 8.55. The first-order valence-electron chi connectivity index (χ1n) is 11.2. The van der Waals surface area contributed by atoms with Crippen LogP contribution in [0.1, 0.15) is 38.3 Å². The van der Waals surface area contributed by atoms with E-state index in [2.05, 4.69) is 10.6 Å². The molecule has 0 unspecified atom stereocenters. The highest BCUT2D eigenvalue weighted by molar-refractivity contribution is 6.31. The van der Waals surface area contributed by atoms with Crippen LogP contribution in [0.4, 0.5) is 11.4 Å². The average Bonchev–Trinajstić information content (AvgIpc) is 2.78. The molecule has 0 aliphatic carbocycles. The summed E-state index contributed by atoms with van der Waals surface area (Å²) >= 11 is 6.30. The molecule has 174 valence electrons. The van der Waals surface area contributed by atoms with Crippen LogP contribution in [0.15, 0.2) is 66.7 Å². The van der Waals surface area contributed by atoms with E-state index < -0.39 is 0 Å². The Labute approximate surface area is 201 Å². The van der Waals surface area contributed by atoms with Gasteiger partial charge in [-0.3, -0.25) is 4.79 Å². The van der Waals surface area contributed by atoms with Crippen molar-refractivity contribution in [2.45, 2.75) is 40.3 Å². The number of hydrogen-bond acceptors (Lipinski definition) is 4. The van der Waals surface area contributed by atoms with E-state index in [1.165, 1.54) is 0 Å². The van der Waals surface area contributed by atoms with Gasteiger partial charge in [0.15, 0.2) is 11.5 Å². The Balaban J connectivity index is 1.73. The maximum atomic E-state index is 12.1. The van der Waals surface area contributed by atoms with E-state index in [9.17, 15) is 4.79 Å². The lowest BCUT2D eigenvalue weighted by Crippen LogP contribution is -2.14. The Kier molecular flexibility index (Phi) is 9.02. The van der Waals surface area contributed by atoms with Crippen molar-refractivity contribution in [3.63, 3.8) is 0 Å². The predicted octanol–water partition coefficient (Wildman–Crippen LogP) is 6.91. The van der Waals surface area contributed by atoms with Gasteiger partial charge in [-0.2, -0.15) is 0 Å². The summed E-state index contributed by atoms with van der Waals surface area (Å²) in [4.78, 5) is 12.1. The topological polar surface area (TPSA) is 59.6 Å². The molecule has 6 heteroatoms.